The summed E-state index contributed by atoms with van der Waals surface area (Å²) in [6.45, 7) is 17.4. The Labute approximate surface area is 160 Å². The fraction of sp³-hybridized carbons (Fsp3) is 0.950. The molecule has 2 saturated heterocycles. The van der Waals surface area contributed by atoms with Gasteiger partial charge in [0.25, 0.3) is 0 Å². The molecule has 0 amide bonds. The quantitative estimate of drug-likeness (QED) is 0.529. The van der Waals surface area contributed by atoms with Crippen molar-refractivity contribution >= 4 is 5.96 Å². The smallest absolute Gasteiger partial charge is 0.191 e. The SMILES string of the molecule is CN=C(NCC1CN(CC(C)C)CCO1)NCC(C)N1CCCC(C)C1. The normalized spacial score (nSPS) is 27.5. The topological polar surface area (TPSA) is 52.1 Å². The summed E-state index contributed by atoms with van der Waals surface area (Å²) in [5.74, 6) is 2.41. The lowest BCUT2D eigenvalue weighted by molar-refractivity contribution is -0.0284. The summed E-state index contributed by atoms with van der Waals surface area (Å²) in [5.41, 5.74) is 0. The van der Waals surface area contributed by atoms with Crippen LogP contribution in [0.25, 0.3) is 0 Å². The molecule has 6 nitrogen and oxygen atoms in total. The van der Waals surface area contributed by atoms with E-state index in [1.54, 1.807) is 0 Å². The lowest BCUT2D eigenvalue weighted by Gasteiger charge is -2.36. The zero-order chi connectivity index (χ0) is 18.9. The molecule has 2 aliphatic rings. The summed E-state index contributed by atoms with van der Waals surface area (Å²) in [6.07, 6.45) is 2.93. The van der Waals surface area contributed by atoms with Crippen molar-refractivity contribution in [2.24, 2.45) is 16.8 Å². The van der Waals surface area contributed by atoms with Gasteiger partial charge in [-0.1, -0.05) is 20.8 Å². The molecule has 3 unspecified atom stereocenters. The van der Waals surface area contributed by atoms with E-state index >= 15 is 0 Å². The van der Waals surface area contributed by atoms with E-state index in [2.05, 4.69) is 53.1 Å². The third-order valence-corrected chi connectivity index (χ3v) is 5.44. The highest BCUT2D eigenvalue weighted by Crippen LogP contribution is 2.17. The van der Waals surface area contributed by atoms with Crippen LogP contribution in [0.2, 0.25) is 0 Å². The molecule has 0 aromatic carbocycles. The average molecular weight is 368 g/mol. The van der Waals surface area contributed by atoms with Crippen molar-refractivity contribution in [3.63, 3.8) is 0 Å². The fourth-order valence-corrected chi connectivity index (χ4v) is 4.02. The monoisotopic (exact) mass is 367 g/mol. The maximum Gasteiger partial charge on any atom is 0.191 e. The standard InChI is InChI=1S/C20H41N5O/c1-16(2)13-24-9-10-26-19(15-24)12-23-20(21-5)22-11-18(4)25-8-6-7-17(3)14-25/h16-19H,6-15H2,1-5H3,(H2,21,22,23). The summed E-state index contributed by atoms with van der Waals surface area (Å²) in [6, 6.07) is 0.531. The third kappa shape index (κ3) is 7.41. The predicted molar refractivity (Wildman–Crippen MR) is 110 cm³/mol. The van der Waals surface area contributed by atoms with Crippen molar-refractivity contribution in [3.05, 3.63) is 0 Å². The Balaban J connectivity index is 1.68. The Morgan fingerprint density at radius 2 is 2.00 bits per heavy atom. The molecule has 6 heteroatoms. The lowest BCUT2D eigenvalue weighted by Crippen LogP contribution is -2.52. The first-order valence-electron chi connectivity index (χ1n) is 10.5. The fourth-order valence-electron chi connectivity index (χ4n) is 4.02. The van der Waals surface area contributed by atoms with Gasteiger partial charge in [0, 0.05) is 52.4 Å². The van der Waals surface area contributed by atoms with Gasteiger partial charge in [-0.15, -0.1) is 0 Å². The predicted octanol–water partition coefficient (Wildman–Crippen LogP) is 1.63. The second kappa shape index (κ2) is 11.1. The van der Waals surface area contributed by atoms with E-state index in [-0.39, 0.29) is 6.10 Å². The number of guanidine groups is 1. The van der Waals surface area contributed by atoms with Gasteiger partial charge in [0.1, 0.15) is 0 Å². The summed E-state index contributed by atoms with van der Waals surface area (Å²) < 4.78 is 5.92. The molecular formula is C20H41N5O. The number of hydrogen-bond acceptors (Lipinski definition) is 4. The first-order chi connectivity index (χ1) is 12.5. The highest BCUT2D eigenvalue weighted by atomic mass is 16.5. The van der Waals surface area contributed by atoms with Crippen molar-refractivity contribution in [3.8, 4) is 0 Å². The van der Waals surface area contributed by atoms with Crippen LogP contribution in [0, 0.1) is 11.8 Å². The van der Waals surface area contributed by atoms with Gasteiger partial charge in [-0.25, -0.2) is 0 Å². The number of likely N-dealkylation sites (tertiary alicyclic amines) is 1. The molecular weight excluding hydrogens is 326 g/mol. The number of piperidine rings is 1. The van der Waals surface area contributed by atoms with E-state index in [1.165, 1.54) is 25.9 Å². The van der Waals surface area contributed by atoms with E-state index in [4.69, 9.17) is 4.74 Å². The Kier molecular flexibility index (Phi) is 9.16. The van der Waals surface area contributed by atoms with Gasteiger partial charge >= 0.3 is 0 Å². The Bertz CT molecular complexity index is 428. The van der Waals surface area contributed by atoms with Gasteiger partial charge < -0.3 is 15.4 Å². The number of morpholine rings is 1. The van der Waals surface area contributed by atoms with Gasteiger partial charge in [-0.05, 0) is 38.1 Å². The van der Waals surface area contributed by atoms with E-state index in [0.29, 0.717) is 12.0 Å². The molecule has 2 rings (SSSR count). The van der Waals surface area contributed by atoms with E-state index in [0.717, 1.165) is 51.2 Å². The highest BCUT2D eigenvalue weighted by molar-refractivity contribution is 5.79. The Hall–Kier alpha value is -0.850. The number of aliphatic imine (C=N–C) groups is 1. The molecule has 2 heterocycles. The number of hydrogen-bond donors (Lipinski definition) is 2. The number of rotatable bonds is 7. The van der Waals surface area contributed by atoms with Crippen molar-refractivity contribution in [1.29, 1.82) is 0 Å². The van der Waals surface area contributed by atoms with Crippen LogP contribution in [0.4, 0.5) is 0 Å². The maximum atomic E-state index is 5.92. The molecule has 0 aliphatic carbocycles. The van der Waals surface area contributed by atoms with E-state index in [1.807, 2.05) is 7.05 Å². The molecule has 0 aromatic rings. The minimum absolute atomic E-state index is 0.237. The number of ether oxygens (including phenoxy) is 1. The molecule has 0 bridgehead atoms. The molecule has 0 radical (unpaired) electrons. The molecule has 152 valence electrons. The third-order valence-electron chi connectivity index (χ3n) is 5.44. The Morgan fingerprint density at radius 3 is 2.69 bits per heavy atom. The van der Waals surface area contributed by atoms with Crippen LogP contribution in [0.5, 0.6) is 0 Å². The molecule has 0 spiro atoms. The van der Waals surface area contributed by atoms with Gasteiger partial charge in [0.15, 0.2) is 5.96 Å². The number of nitrogens with zero attached hydrogens (tertiary/aromatic N) is 3. The maximum absolute atomic E-state index is 5.92. The van der Waals surface area contributed by atoms with Gasteiger partial charge in [0.05, 0.1) is 12.7 Å². The first-order valence-corrected chi connectivity index (χ1v) is 10.5. The summed E-state index contributed by atoms with van der Waals surface area (Å²) >= 11 is 0. The van der Waals surface area contributed by atoms with Crippen molar-refractivity contribution in [2.75, 3.05) is 59.5 Å². The van der Waals surface area contributed by atoms with Crippen LogP contribution in [0.3, 0.4) is 0 Å². The van der Waals surface area contributed by atoms with Gasteiger partial charge in [0.2, 0.25) is 0 Å². The minimum Gasteiger partial charge on any atom is -0.374 e. The van der Waals surface area contributed by atoms with Gasteiger partial charge in [-0.3, -0.25) is 14.8 Å². The second-order valence-corrected chi connectivity index (χ2v) is 8.57. The lowest BCUT2D eigenvalue weighted by atomic mass is 9.99. The van der Waals surface area contributed by atoms with Crippen LogP contribution in [-0.2, 0) is 4.74 Å². The molecule has 26 heavy (non-hydrogen) atoms. The van der Waals surface area contributed by atoms with Crippen LogP contribution in [0.1, 0.15) is 40.5 Å². The van der Waals surface area contributed by atoms with E-state index < -0.39 is 0 Å². The van der Waals surface area contributed by atoms with Crippen molar-refractivity contribution in [2.45, 2.75) is 52.7 Å². The van der Waals surface area contributed by atoms with Crippen LogP contribution >= 0.6 is 0 Å². The van der Waals surface area contributed by atoms with Crippen LogP contribution in [-0.4, -0.2) is 87.4 Å². The van der Waals surface area contributed by atoms with Crippen molar-refractivity contribution in [1.82, 2.24) is 20.4 Å². The number of nitrogens with one attached hydrogen (secondary N) is 2. The van der Waals surface area contributed by atoms with Crippen LogP contribution in [0.15, 0.2) is 4.99 Å². The molecule has 2 fully saturated rings. The highest BCUT2D eigenvalue weighted by Gasteiger charge is 2.22. The van der Waals surface area contributed by atoms with E-state index in [9.17, 15) is 0 Å². The van der Waals surface area contributed by atoms with Gasteiger partial charge in [-0.2, -0.15) is 0 Å². The molecule has 2 N–H and O–H groups in total. The first kappa shape index (κ1) is 21.5. The minimum atomic E-state index is 0.237. The molecule has 2 aliphatic heterocycles. The zero-order valence-electron chi connectivity index (χ0n) is 17.6. The Morgan fingerprint density at radius 1 is 1.19 bits per heavy atom. The molecule has 0 saturated carbocycles. The van der Waals surface area contributed by atoms with Crippen molar-refractivity contribution < 1.29 is 4.74 Å². The average Bonchev–Trinajstić information content (AvgIpc) is 2.61. The molecule has 3 atom stereocenters. The largest absolute Gasteiger partial charge is 0.374 e. The summed E-state index contributed by atoms with van der Waals surface area (Å²) in [7, 11) is 1.84. The summed E-state index contributed by atoms with van der Waals surface area (Å²) in [5, 5.41) is 6.94. The zero-order valence-corrected chi connectivity index (χ0v) is 17.6. The second-order valence-electron chi connectivity index (χ2n) is 8.57. The van der Waals surface area contributed by atoms with Crippen LogP contribution < -0.4 is 10.6 Å². The summed E-state index contributed by atoms with van der Waals surface area (Å²) in [4.78, 5) is 9.49. The molecule has 0 aromatic heterocycles.